The van der Waals surface area contributed by atoms with Crippen molar-refractivity contribution in [3.8, 4) is 5.75 Å². The number of amides is 1. The summed E-state index contributed by atoms with van der Waals surface area (Å²) < 4.78 is 18.6. The minimum absolute atomic E-state index is 0.00416. The molecule has 0 atom stereocenters. The molecule has 0 bridgehead atoms. The smallest absolute Gasteiger partial charge is 0.257 e. The zero-order chi connectivity index (χ0) is 17.0. The molecular formula is C15H13ClFN3O2S. The SMILES string of the molecule is COc1c(F)cccc1NC(=S)NC(=O)c1cc(C)nc(Cl)c1. The Morgan fingerprint density at radius 1 is 1.39 bits per heavy atom. The first-order valence-corrected chi connectivity index (χ1v) is 7.28. The number of hydrogen-bond acceptors (Lipinski definition) is 4. The van der Waals surface area contributed by atoms with Crippen LogP contribution in [0.1, 0.15) is 16.1 Å². The van der Waals surface area contributed by atoms with Crippen molar-refractivity contribution in [3.05, 3.63) is 52.6 Å². The maximum atomic E-state index is 13.6. The number of nitrogens with zero attached hydrogens (tertiary/aromatic N) is 1. The lowest BCUT2D eigenvalue weighted by Crippen LogP contribution is -2.34. The Kier molecular flexibility index (Phi) is 5.46. The number of anilines is 1. The van der Waals surface area contributed by atoms with Crippen LogP contribution in [0.2, 0.25) is 5.15 Å². The molecule has 2 aromatic rings. The number of methoxy groups -OCH3 is 1. The standard InChI is InChI=1S/C15H13ClFN3O2S/c1-8-6-9(7-12(16)18-8)14(21)20-15(23)19-11-5-3-4-10(17)13(11)22-2/h3-7H,1-2H3,(H2,19,20,21,23). The number of carbonyl (C=O) groups excluding carboxylic acids is 1. The van der Waals surface area contributed by atoms with E-state index >= 15 is 0 Å². The number of nitrogens with one attached hydrogen (secondary N) is 2. The van der Waals surface area contributed by atoms with Crippen LogP contribution >= 0.6 is 23.8 Å². The van der Waals surface area contributed by atoms with Gasteiger partial charge in [-0.1, -0.05) is 17.7 Å². The summed E-state index contributed by atoms with van der Waals surface area (Å²) in [4.78, 5) is 16.1. The maximum Gasteiger partial charge on any atom is 0.257 e. The number of hydrogen-bond donors (Lipinski definition) is 2. The van der Waals surface area contributed by atoms with Crippen LogP contribution in [0.5, 0.6) is 5.75 Å². The van der Waals surface area contributed by atoms with Gasteiger partial charge in [0.25, 0.3) is 5.91 Å². The van der Waals surface area contributed by atoms with Crippen molar-refractivity contribution in [2.24, 2.45) is 0 Å². The molecule has 8 heteroatoms. The van der Waals surface area contributed by atoms with Crippen molar-refractivity contribution < 1.29 is 13.9 Å². The van der Waals surface area contributed by atoms with E-state index in [0.717, 1.165) is 0 Å². The van der Waals surface area contributed by atoms with E-state index in [1.165, 1.54) is 25.3 Å². The van der Waals surface area contributed by atoms with Crippen molar-refractivity contribution >= 4 is 40.5 Å². The summed E-state index contributed by atoms with van der Waals surface area (Å²) in [5.41, 5.74) is 1.23. The van der Waals surface area contributed by atoms with Crippen molar-refractivity contribution in [1.29, 1.82) is 0 Å². The van der Waals surface area contributed by atoms with Gasteiger partial charge in [0.2, 0.25) is 0 Å². The van der Waals surface area contributed by atoms with Crippen LogP contribution in [0.4, 0.5) is 10.1 Å². The summed E-state index contributed by atoms with van der Waals surface area (Å²) in [6.45, 7) is 1.72. The molecule has 0 aliphatic carbocycles. The third-order valence-corrected chi connectivity index (χ3v) is 3.23. The molecule has 0 saturated carbocycles. The van der Waals surface area contributed by atoms with Crippen LogP contribution in [0.3, 0.4) is 0 Å². The highest BCUT2D eigenvalue weighted by Gasteiger charge is 2.13. The van der Waals surface area contributed by atoms with Gasteiger partial charge in [-0.25, -0.2) is 9.37 Å². The van der Waals surface area contributed by atoms with Gasteiger partial charge in [0, 0.05) is 11.3 Å². The number of thiocarbonyl (C=S) groups is 1. The van der Waals surface area contributed by atoms with E-state index in [0.29, 0.717) is 16.9 Å². The molecule has 0 aliphatic heterocycles. The minimum atomic E-state index is -0.539. The predicted octanol–water partition coefficient (Wildman–Crippen LogP) is 3.32. The molecule has 0 spiro atoms. The van der Waals surface area contributed by atoms with E-state index in [2.05, 4.69) is 15.6 Å². The zero-order valence-electron chi connectivity index (χ0n) is 12.3. The molecular weight excluding hydrogens is 341 g/mol. The summed E-state index contributed by atoms with van der Waals surface area (Å²) in [5, 5.41) is 5.42. The Balaban J connectivity index is 2.10. The quantitative estimate of drug-likeness (QED) is 0.654. The summed E-state index contributed by atoms with van der Waals surface area (Å²) in [6.07, 6.45) is 0. The number of halogens is 2. The van der Waals surface area contributed by atoms with Gasteiger partial charge < -0.3 is 10.1 Å². The Hall–Kier alpha value is -2.25. The topological polar surface area (TPSA) is 63.2 Å². The molecule has 1 aromatic heterocycles. The molecule has 1 heterocycles. The summed E-state index contributed by atoms with van der Waals surface area (Å²) in [5.74, 6) is -0.986. The molecule has 0 unspecified atom stereocenters. The van der Waals surface area contributed by atoms with E-state index in [4.69, 9.17) is 28.6 Å². The number of benzene rings is 1. The van der Waals surface area contributed by atoms with Crippen LogP contribution < -0.4 is 15.4 Å². The van der Waals surface area contributed by atoms with E-state index in [1.807, 2.05) is 0 Å². The first-order chi connectivity index (χ1) is 10.9. The summed E-state index contributed by atoms with van der Waals surface area (Å²) in [7, 11) is 1.34. The fraction of sp³-hybridized carbons (Fsp3) is 0.133. The molecule has 120 valence electrons. The molecule has 1 aromatic carbocycles. The molecule has 0 radical (unpaired) electrons. The molecule has 1 amide bonds. The normalized spacial score (nSPS) is 10.1. The fourth-order valence-electron chi connectivity index (χ4n) is 1.90. The lowest BCUT2D eigenvalue weighted by Gasteiger charge is -2.13. The number of para-hydroxylation sites is 1. The summed E-state index contributed by atoms with van der Waals surface area (Å²) in [6, 6.07) is 7.33. The van der Waals surface area contributed by atoms with Crippen LogP contribution in [0, 0.1) is 12.7 Å². The molecule has 2 rings (SSSR count). The Bertz CT molecular complexity index is 750. The van der Waals surface area contributed by atoms with Gasteiger partial charge in [-0.05, 0) is 43.4 Å². The second-order valence-corrected chi connectivity index (χ2v) is 5.34. The molecule has 2 N–H and O–H groups in total. The van der Waals surface area contributed by atoms with E-state index < -0.39 is 11.7 Å². The van der Waals surface area contributed by atoms with E-state index in [9.17, 15) is 9.18 Å². The molecule has 23 heavy (non-hydrogen) atoms. The van der Waals surface area contributed by atoms with Crippen LogP contribution in [-0.2, 0) is 0 Å². The van der Waals surface area contributed by atoms with Crippen LogP contribution in [0.15, 0.2) is 30.3 Å². The van der Waals surface area contributed by atoms with Crippen LogP contribution in [0.25, 0.3) is 0 Å². The fourth-order valence-corrected chi connectivity index (χ4v) is 2.36. The first-order valence-electron chi connectivity index (χ1n) is 6.49. The highest BCUT2D eigenvalue weighted by Crippen LogP contribution is 2.27. The lowest BCUT2D eigenvalue weighted by molar-refractivity contribution is 0.0977. The highest BCUT2D eigenvalue weighted by molar-refractivity contribution is 7.80. The van der Waals surface area contributed by atoms with Gasteiger partial charge in [0.1, 0.15) is 5.15 Å². The average molecular weight is 354 g/mol. The van der Waals surface area contributed by atoms with E-state index in [-0.39, 0.29) is 16.0 Å². The molecule has 0 fully saturated rings. The average Bonchev–Trinajstić information content (AvgIpc) is 2.46. The second kappa shape index (κ2) is 7.34. The molecule has 0 saturated heterocycles. The number of carbonyl (C=O) groups is 1. The number of ether oxygens (including phenoxy) is 1. The van der Waals surface area contributed by atoms with Gasteiger partial charge >= 0.3 is 0 Å². The Labute approximate surface area is 142 Å². The lowest BCUT2D eigenvalue weighted by atomic mass is 10.2. The minimum Gasteiger partial charge on any atom is -0.492 e. The third kappa shape index (κ3) is 4.37. The van der Waals surface area contributed by atoms with Crippen molar-refractivity contribution in [2.45, 2.75) is 6.92 Å². The number of aryl methyl sites for hydroxylation is 1. The third-order valence-electron chi connectivity index (χ3n) is 2.83. The van der Waals surface area contributed by atoms with E-state index in [1.54, 1.807) is 19.1 Å². The predicted molar refractivity (Wildman–Crippen MR) is 90.6 cm³/mol. The molecule has 5 nitrogen and oxygen atoms in total. The Morgan fingerprint density at radius 3 is 2.78 bits per heavy atom. The van der Waals surface area contributed by atoms with Crippen molar-refractivity contribution in [1.82, 2.24) is 10.3 Å². The highest BCUT2D eigenvalue weighted by atomic mass is 35.5. The van der Waals surface area contributed by atoms with Crippen molar-refractivity contribution in [2.75, 3.05) is 12.4 Å². The largest absolute Gasteiger partial charge is 0.492 e. The van der Waals surface area contributed by atoms with Gasteiger partial charge in [-0.3, -0.25) is 10.1 Å². The number of pyridine rings is 1. The Morgan fingerprint density at radius 2 is 2.13 bits per heavy atom. The first kappa shape index (κ1) is 17.1. The number of rotatable bonds is 3. The summed E-state index contributed by atoms with van der Waals surface area (Å²) >= 11 is 10.9. The van der Waals surface area contributed by atoms with Gasteiger partial charge in [-0.15, -0.1) is 0 Å². The molecule has 0 aliphatic rings. The number of aromatic nitrogens is 1. The maximum absolute atomic E-state index is 13.6. The van der Waals surface area contributed by atoms with Gasteiger partial charge in [-0.2, -0.15) is 0 Å². The van der Waals surface area contributed by atoms with Gasteiger partial charge in [0.15, 0.2) is 16.7 Å². The zero-order valence-corrected chi connectivity index (χ0v) is 13.9. The van der Waals surface area contributed by atoms with Crippen molar-refractivity contribution in [3.63, 3.8) is 0 Å². The van der Waals surface area contributed by atoms with Crippen LogP contribution in [-0.4, -0.2) is 23.1 Å². The monoisotopic (exact) mass is 353 g/mol. The second-order valence-electron chi connectivity index (χ2n) is 4.55. The van der Waals surface area contributed by atoms with Gasteiger partial charge in [0.05, 0.1) is 12.8 Å².